The van der Waals surface area contributed by atoms with Crippen molar-refractivity contribution in [2.45, 2.75) is 0 Å². The van der Waals surface area contributed by atoms with E-state index >= 15 is 0 Å². The van der Waals surface area contributed by atoms with E-state index in [-0.39, 0.29) is 16.9 Å². The van der Waals surface area contributed by atoms with Gasteiger partial charge in [0.15, 0.2) is 17.3 Å². The number of phenols is 3. The van der Waals surface area contributed by atoms with E-state index in [1.807, 2.05) is 0 Å². The first-order chi connectivity index (χ1) is 11.3. The second-order valence-electron chi connectivity index (χ2n) is 4.91. The second-order valence-corrected chi connectivity index (χ2v) is 4.91. The molecule has 0 atom stereocenters. The van der Waals surface area contributed by atoms with Crippen LogP contribution >= 0.6 is 0 Å². The lowest BCUT2D eigenvalue weighted by Gasteiger charge is -2.08. The molecule has 3 rings (SSSR count). The Morgan fingerprint density at radius 3 is 2.29 bits per heavy atom. The summed E-state index contributed by atoms with van der Waals surface area (Å²) in [5, 5.41) is 49.1. The molecule has 9 heteroatoms. The van der Waals surface area contributed by atoms with Gasteiger partial charge in [-0.3, -0.25) is 14.9 Å². The molecule has 0 saturated heterocycles. The first-order valence-corrected chi connectivity index (χ1v) is 6.49. The van der Waals surface area contributed by atoms with Crippen LogP contribution in [-0.2, 0) is 0 Å². The predicted molar refractivity (Wildman–Crippen MR) is 81.2 cm³/mol. The molecule has 0 aliphatic carbocycles. The van der Waals surface area contributed by atoms with Crippen molar-refractivity contribution in [3.63, 3.8) is 0 Å². The summed E-state index contributed by atoms with van der Waals surface area (Å²) < 4.78 is 5.32. The summed E-state index contributed by atoms with van der Waals surface area (Å²) in [5.41, 5.74) is -1.76. The highest BCUT2D eigenvalue weighted by atomic mass is 16.6. The van der Waals surface area contributed by atoms with Gasteiger partial charge in [0, 0.05) is 5.56 Å². The molecular formula is C15H9NO8. The molecular weight excluding hydrogens is 322 g/mol. The molecule has 0 aliphatic heterocycles. The van der Waals surface area contributed by atoms with E-state index in [4.69, 9.17) is 4.42 Å². The van der Waals surface area contributed by atoms with Crippen LogP contribution in [0.1, 0.15) is 0 Å². The summed E-state index contributed by atoms with van der Waals surface area (Å²) >= 11 is 0. The predicted octanol–water partition coefficient (Wildman–Crippen LogP) is 2.19. The summed E-state index contributed by atoms with van der Waals surface area (Å²) in [6, 6.07) is 5.11. The van der Waals surface area contributed by atoms with Gasteiger partial charge in [0.1, 0.15) is 16.7 Å². The number of hydrogen-bond donors (Lipinski definition) is 4. The molecule has 0 amide bonds. The smallest absolute Gasteiger partial charge is 0.276 e. The van der Waals surface area contributed by atoms with Gasteiger partial charge in [-0.1, -0.05) is 0 Å². The van der Waals surface area contributed by atoms with Gasteiger partial charge >= 0.3 is 0 Å². The number of phenolic OH excluding ortho intramolecular Hbond substituents is 3. The van der Waals surface area contributed by atoms with Crippen molar-refractivity contribution in [3.05, 3.63) is 50.7 Å². The number of fused-ring (bicyclic) bond motifs is 1. The number of non-ortho nitro benzene ring substituents is 1. The molecule has 24 heavy (non-hydrogen) atoms. The SMILES string of the molecule is O=c1c(O)c(-c2ccc(O)c(O)c2)oc2cc([N+](=O)[O-])cc(O)c12. The second kappa shape index (κ2) is 5.16. The van der Waals surface area contributed by atoms with Gasteiger partial charge in [-0.2, -0.15) is 0 Å². The Kier molecular flexibility index (Phi) is 3.26. The van der Waals surface area contributed by atoms with Crippen molar-refractivity contribution in [2.75, 3.05) is 0 Å². The highest BCUT2D eigenvalue weighted by Crippen LogP contribution is 2.37. The summed E-state index contributed by atoms with van der Waals surface area (Å²) in [4.78, 5) is 22.3. The zero-order valence-corrected chi connectivity index (χ0v) is 11.8. The van der Waals surface area contributed by atoms with Gasteiger partial charge < -0.3 is 24.8 Å². The van der Waals surface area contributed by atoms with Crippen molar-refractivity contribution in [1.29, 1.82) is 0 Å². The van der Waals surface area contributed by atoms with E-state index in [1.165, 1.54) is 6.07 Å². The number of nitro benzene ring substituents is 1. The molecule has 0 bridgehead atoms. The first kappa shape index (κ1) is 15.2. The van der Waals surface area contributed by atoms with Gasteiger partial charge in [-0.15, -0.1) is 0 Å². The molecule has 0 aliphatic rings. The summed E-state index contributed by atoms with van der Waals surface area (Å²) in [6.45, 7) is 0. The third-order valence-electron chi connectivity index (χ3n) is 3.38. The highest BCUT2D eigenvalue weighted by molar-refractivity contribution is 5.88. The Hall–Kier alpha value is -3.75. The number of benzene rings is 2. The lowest BCUT2D eigenvalue weighted by atomic mass is 10.1. The van der Waals surface area contributed by atoms with Crippen LogP contribution in [0.4, 0.5) is 5.69 Å². The monoisotopic (exact) mass is 331 g/mol. The van der Waals surface area contributed by atoms with Gasteiger partial charge in [-0.25, -0.2) is 0 Å². The van der Waals surface area contributed by atoms with Crippen molar-refractivity contribution < 1.29 is 29.8 Å². The van der Waals surface area contributed by atoms with E-state index in [1.54, 1.807) is 0 Å². The van der Waals surface area contributed by atoms with Crippen LogP contribution in [0.2, 0.25) is 0 Å². The largest absolute Gasteiger partial charge is 0.507 e. The Labute approximate surface area is 132 Å². The fraction of sp³-hybridized carbons (Fsp3) is 0. The maximum absolute atomic E-state index is 12.2. The van der Waals surface area contributed by atoms with Gasteiger partial charge in [-0.05, 0) is 18.2 Å². The molecule has 1 aromatic heterocycles. The van der Waals surface area contributed by atoms with Gasteiger partial charge in [0.05, 0.1) is 17.1 Å². The van der Waals surface area contributed by atoms with Crippen LogP contribution in [0.5, 0.6) is 23.0 Å². The van der Waals surface area contributed by atoms with Crippen molar-refractivity contribution in [3.8, 4) is 34.3 Å². The maximum atomic E-state index is 12.2. The van der Waals surface area contributed by atoms with Gasteiger partial charge in [0.2, 0.25) is 11.2 Å². The van der Waals surface area contributed by atoms with Crippen molar-refractivity contribution in [2.24, 2.45) is 0 Å². The number of nitro groups is 1. The van der Waals surface area contributed by atoms with Crippen LogP contribution in [-0.4, -0.2) is 25.3 Å². The Morgan fingerprint density at radius 1 is 0.958 bits per heavy atom. The fourth-order valence-electron chi connectivity index (χ4n) is 2.24. The third kappa shape index (κ3) is 2.24. The zero-order chi connectivity index (χ0) is 17.6. The summed E-state index contributed by atoms with van der Waals surface area (Å²) in [7, 11) is 0. The van der Waals surface area contributed by atoms with E-state index in [9.17, 15) is 35.3 Å². The summed E-state index contributed by atoms with van der Waals surface area (Å²) in [5.74, 6) is -2.87. The Bertz CT molecular complexity index is 1050. The average Bonchev–Trinajstić information content (AvgIpc) is 2.52. The minimum Gasteiger partial charge on any atom is -0.507 e. The lowest BCUT2D eigenvalue weighted by Crippen LogP contribution is -2.03. The molecule has 0 fully saturated rings. The van der Waals surface area contributed by atoms with Crippen LogP contribution < -0.4 is 5.43 Å². The van der Waals surface area contributed by atoms with E-state index in [2.05, 4.69) is 0 Å². The number of rotatable bonds is 2. The lowest BCUT2D eigenvalue weighted by molar-refractivity contribution is -0.384. The molecule has 4 N–H and O–H groups in total. The fourth-order valence-corrected chi connectivity index (χ4v) is 2.24. The maximum Gasteiger partial charge on any atom is 0.276 e. The molecule has 0 spiro atoms. The molecule has 0 saturated carbocycles. The highest BCUT2D eigenvalue weighted by Gasteiger charge is 2.21. The molecule has 9 nitrogen and oxygen atoms in total. The van der Waals surface area contributed by atoms with Crippen molar-refractivity contribution >= 4 is 16.7 Å². The zero-order valence-electron chi connectivity index (χ0n) is 11.8. The van der Waals surface area contributed by atoms with E-state index < -0.39 is 44.4 Å². The number of hydrogen-bond acceptors (Lipinski definition) is 8. The molecule has 122 valence electrons. The van der Waals surface area contributed by atoms with E-state index in [0.29, 0.717) is 0 Å². The van der Waals surface area contributed by atoms with Crippen LogP contribution in [0, 0.1) is 10.1 Å². The van der Waals surface area contributed by atoms with Crippen molar-refractivity contribution in [1.82, 2.24) is 0 Å². The Balaban J connectivity index is 2.37. The van der Waals surface area contributed by atoms with Crippen LogP contribution in [0.15, 0.2) is 39.5 Å². The molecule has 1 heterocycles. The third-order valence-corrected chi connectivity index (χ3v) is 3.38. The van der Waals surface area contributed by atoms with Gasteiger partial charge in [0.25, 0.3) is 5.69 Å². The van der Waals surface area contributed by atoms with Crippen LogP contribution in [0.25, 0.3) is 22.3 Å². The number of aromatic hydroxyl groups is 4. The summed E-state index contributed by atoms with van der Waals surface area (Å²) in [6.07, 6.45) is 0. The normalized spacial score (nSPS) is 10.8. The number of nitrogens with zero attached hydrogens (tertiary/aromatic N) is 1. The van der Waals surface area contributed by atoms with E-state index in [0.717, 1.165) is 24.3 Å². The molecule has 0 radical (unpaired) electrons. The minimum absolute atomic E-state index is 0.0489. The minimum atomic E-state index is -0.994. The topological polar surface area (TPSA) is 154 Å². The molecule has 2 aromatic carbocycles. The average molecular weight is 331 g/mol. The van der Waals surface area contributed by atoms with Crippen LogP contribution in [0.3, 0.4) is 0 Å². The Morgan fingerprint density at radius 2 is 1.67 bits per heavy atom. The molecule has 3 aromatic rings. The first-order valence-electron chi connectivity index (χ1n) is 6.49. The molecule has 0 unspecified atom stereocenters. The quantitative estimate of drug-likeness (QED) is 0.316. The standard InChI is InChI=1S/C15H9NO8/c17-8-2-1-6(3-9(8)18)15-14(21)13(20)12-10(19)4-7(16(22)23)5-11(12)24-15/h1-5,17-19,21H.